The molecule has 4 atom stereocenters. The van der Waals surface area contributed by atoms with Crippen molar-refractivity contribution in [2.24, 2.45) is 23.7 Å². The summed E-state index contributed by atoms with van der Waals surface area (Å²) in [4.78, 5) is 13.2. The molecule has 1 heterocycles. The van der Waals surface area contributed by atoms with Gasteiger partial charge in [0.1, 0.15) is 0 Å². The summed E-state index contributed by atoms with van der Waals surface area (Å²) in [6.07, 6.45) is 6.10. The van der Waals surface area contributed by atoms with Gasteiger partial charge in [0, 0.05) is 20.0 Å². The molecule has 1 amide bonds. The minimum atomic E-state index is 0.258. The normalized spacial score (nSPS) is 45.8. The molecule has 0 radical (unpaired) electrons. The van der Waals surface area contributed by atoms with Crippen LogP contribution < -0.4 is 0 Å². The van der Waals surface area contributed by atoms with E-state index in [1.54, 1.807) is 6.92 Å². The molecule has 0 unspecified atom stereocenters. The van der Waals surface area contributed by atoms with Crippen molar-refractivity contribution in [2.45, 2.75) is 13.3 Å². The summed E-state index contributed by atoms with van der Waals surface area (Å²) >= 11 is 0. The third-order valence-electron chi connectivity index (χ3n) is 4.11. The number of allylic oxidation sites excluding steroid dienone is 2. The number of amides is 1. The van der Waals surface area contributed by atoms with Crippen LogP contribution in [0.1, 0.15) is 13.3 Å². The summed E-state index contributed by atoms with van der Waals surface area (Å²) in [7, 11) is 0. The molecule has 0 N–H and O–H groups in total. The Kier molecular flexibility index (Phi) is 1.38. The topological polar surface area (TPSA) is 20.3 Å². The highest BCUT2D eigenvalue weighted by Crippen LogP contribution is 2.51. The Hall–Kier alpha value is -0.790. The number of fused-ring (bicyclic) bond motifs is 5. The van der Waals surface area contributed by atoms with Crippen molar-refractivity contribution in [1.82, 2.24) is 4.90 Å². The number of hydrogen-bond acceptors (Lipinski definition) is 1. The van der Waals surface area contributed by atoms with Crippen LogP contribution in [-0.2, 0) is 4.79 Å². The quantitative estimate of drug-likeness (QED) is 0.510. The van der Waals surface area contributed by atoms with E-state index in [2.05, 4.69) is 12.2 Å². The summed E-state index contributed by atoms with van der Waals surface area (Å²) in [5, 5.41) is 0. The van der Waals surface area contributed by atoms with Gasteiger partial charge in [0.2, 0.25) is 5.91 Å². The smallest absolute Gasteiger partial charge is 0.219 e. The minimum absolute atomic E-state index is 0.258. The van der Waals surface area contributed by atoms with Gasteiger partial charge in [-0.15, -0.1) is 0 Å². The van der Waals surface area contributed by atoms with Gasteiger partial charge in [-0.3, -0.25) is 4.79 Å². The predicted octanol–water partition coefficient (Wildman–Crippen LogP) is 1.29. The fraction of sp³-hybridized carbons (Fsp3) is 0.727. The molecule has 0 aromatic rings. The fourth-order valence-electron chi connectivity index (χ4n) is 3.41. The van der Waals surface area contributed by atoms with Crippen LogP contribution in [-0.4, -0.2) is 23.9 Å². The first-order valence-corrected chi connectivity index (χ1v) is 5.19. The molecule has 0 aromatic carbocycles. The van der Waals surface area contributed by atoms with E-state index in [1.807, 2.05) is 4.90 Å². The van der Waals surface area contributed by atoms with Crippen LogP contribution >= 0.6 is 0 Å². The van der Waals surface area contributed by atoms with Crippen LogP contribution in [0, 0.1) is 23.7 Å². The Labute approximate surface area is 78.6 Å². The summed E-state index contributed by atoms with van der Waals surface area (Å²) in [5.74, 6) is 3.42. The maximum Gasteiger partial charge on any atom is 0.219 e. The molecule has 3 rings (SSSR count). The minimum Gasteiger partial charge on any atom is -0.342 e. The number of carbonyl (C=O) groups is 1. The lowest BCUT2D eigenvalue weighted by Crippen LogP contribution is -2.27. The highest BCUT2D eigenvalue weighted by molar-refractivity contribution is 5.73. The third kappa shape index (κ3) is 0.917. The SMILES string of the molecule is CC(=O)N1C[C@@H]2[C@H](C1)[C@@H]1C=C[C@H]2C1. The molecular formula is C11H15NO. The molecule has 2 nitrogen and oxygen atoms in total. The fourth-order valence-corrected chi connectivity index (χ4v) is 3.41. The van der Waals surface area contributed by atoms with Gasteiger partial charge in [0.15, 0.2) is 0 Å². The Bertz CT molecular complexity index is 264. The van der Waals surface area contributed by atoms with Gasteiger partial charge >= 0.3 is 0 Å². The predicted molar refractivity (Wildman–Crippen MR) is 50.0 cm³/mol. The molecule has 1 saturated heterocycles. The van der Waals surface area contributed by atoms with Crippen LogP contribution in [0.25, 0.3) is 0 Å². The maximum absolute atomic E-state index is 11.2. The zero-order valence-electron chi connectivity index (χ0n) is 7.94. The molecule has 0 spiro atoms. The molecule has 1 saturated carbocycles. The van der Waals surface area contributed by atoms with Crippen molar-refractivity contribution in [3.63, 3.8) is 0 Å². The average molecular weight is 177 g/mol. The van der Waals surface area contributed by atoms with Crippen molar-refractivity contribution in [2.75, 3.05) is 13.1 Å². The molecule has 2 heteroatoms. The number of hydrogen-bond donors (Lipinski definition) is 0. The first-order chi connectivity index (χ1) is 6.25. The Balaban J connectivity index is 1.82. The standard InChI is InChI=1S/C11H15NO/c1-7(13)12-5-10-8-2-3-9(4-8)11(10)6-12/h2-3,8-11H,4-6H2,1H3/t8-,9+,10-,11+. The van der Waals surface area contributed by atoms with E-state index in [0.29, 0.717) is 0 Å². The summed E-state index contributed by atoms with van der Waals surface area (Å²) in [5.41, 5.74) is 0. The van der Waals surface area contributed by atoms with Gasteiger partial charge < -0.3 is 4.90 Å². The lowest BCUT2D eigenvalue weighted by molar-refractivity contribution is -0.128. The van der Waals surface area contributed by atoms with E-state index in [-0.39, 0.29) is 5.91 Å². The second-order valence-electron chi connectivity index (χ2n) is 4.70. The Morgan fingerprint density at radius 3 is 2.23 bits per heavy atom. The second kappa shape index (κ2) is 2.37. The van der Waals surface area contributed by atoms with Gasteiger partial charge in [-0.25, -0.2) is 0 Å². The van der Waals surface area contributed by atoms with Crippen LogP contribution in [0.3, 0.4) is 0 Å². The Morgan fingerprint density at radius 1 is 1.23 bits per heavy atom. The molecule has 1 aliphatic heterocycles. The zero-order chi connectivity index (χ0) is 9.00. The number of carbonyl (C=O) groups excluding carboxylic acids is 1. The van der Waals surface area contributed by atoms with E-state index in [0.717, 1.165) is 36.8 Å². The molecule has 2 fully saturated rings. The van der Waals surface area contributed by atoms with Gasteiger partial charge in [0.05, 0.1) is 0 Å². The van der Waals surface area contributed by atoms with E-state index in [9.17, 15) is 4.79 Å². The van der Waals surface area contributed by atoms with Gasteiger partial charge in [-0.1, -0.05) is 12.2 Å². The zero-order valence-corrected chi connectivity index (χ0v) is 7.94. The van der Waals surface area contributed by atoms with Crippen LogP contribution in [0.15, 0.2) is 12.2 Å². The van der Waals surface area contributed by atoms with Crippen molar-refractivity contribution in [1.29, 1.82) is 0 Å². The van der Waals surface area contributed by atoms with E-state index in [1.165, 1.54) is 6.42 Å². The number of likely N-dealkylation sites (tertiary alicyclic amines) is 1. The second-order valence-corrected chi connectivity index (χ2v) is 4.70. The lowest BCUT2D eigenvalue weighted by Gasteiger charge is -2.17. The van der Waals surface area contributed by atoms with Crippen LogP contribution in [0.2, 0.25) is 0 Å². The molecule has 2 aliphatic carbocycles. The summed E-state index contributed by atoms with van der Waals surface area (Å²) in [6.45, 7) is 3.73. The summed E-state index contributed by atoms with van der Waals surface area (Å²) < 4.78 is 0. The van der Waals surface area contributed by atoms with E-state index < -0.39 is 0 Å². The van der Waals surface area contributed by atoms with Crippen molar-refractivity contribution < 1.29 is 4.79 Å². The Morgan fingerprint density at radius 2 is 1.77 bits per heavy atom. The highest BCUT2D eigenvalue weighted by Gasteiger charge is 2.49. The molecule has 0 aromatic heterocycles. The molecular weight excluding hydrogens is 162 g/mol. The largest absolute Gasteiger partial charge is 0.342 e. The molecule has 2 bridgehead atoms. The van der Waals surface area contributed by atoms with Gasteiger partial charge in [0.25, 0.3) is 0 Å². The van der Waals surface area contributed by atoms with E-state index in [4.69, 9.17) is 0 Å². The molecule has 3 aliphatic rings. The van der Waals surface area contributed by atoms with Crippen LogP contribution in [0.4, 0.5) is 0 Å². The monoisotopic (exact) mass is 177 g/mol. The van der Waals surface area contributed by atoms with Gasteiger partial charge in [-0.05, 0) is 30.1 Å². The first kappa shape index (κ1) is 7.60. The third-order valence-corrected chi connectivity index (χ3v) is 4.11. The van der Waals surface area contributed by atoms with Crippen LogP contribution in [0.5, 0.6) is 0 Å². The first-order valence-electron chi connectivity index (χ1n) is 5.19. The maximum atomic E-state index is 11.2. The highest BCUT2D eigenvalue weighted by atomic mass is 16.2. The van der Waals surface area contributed by atoms with Crippen molar-refractivity contribution in [3.8, 4) is 0 Å². The number of rotatable bonds is 0. The van der Waals surface area contributed by atoms with Crippen molar-refractivity contribution in [3.05, 3.63) is 12.2 Å². The van der Waals surface area contributed by atoms with E-state index >= 15 is 0 Å². The summed E-state index contributed by atoms with van der Waals surface area (Å²) in [6, 6.07) is 0. The van der Waals surface area contributed by atoms with Gasteiger partial charge in [-0.2, -0.15) is 0 Å². The van der Waals surface area contributed by atoms with Crippen molar-refractivity contribution >= 4 is 5.91 Å². The molecule has 13 heavy (non-hydrogen) atoms. The lowest BCUT2D eigenvalue weighted by atomic mass is 9.86. The molecule has 70 valence electrons. The average Bonchev–Trinajstić information content (AvgIpc) is 2.76. The number of nitrogens with zero attached hydrogens (tertiary/aromatic N) is 1.